The summed E-state index contributed by atoms with van der Waals surface area (Å²) in [4.78, 5) is 29.0. The molecule has 1 aromatic carbocycles. The van der Waals surface area contributed by atoms with E-state index in [1.807, 2.05) is 26.0 Å². The van der Waals surface area contributed by atoms with E-state index in [1.165, 1.54) is 7.11 Å². The number of benzene rings is 1. The van der Waals surface area contributed by atoms with Crippen LogP contribution in [-0.2, 0) is 4.74 Å². The first-order valence-corrected chi connectivity index (χ1v) is 8.32. The molecule has 3 rings (SSSR count). The number of amides is 1. The van der Waals surface area contributed by atoms with Gasteiger partial charge in [0, 0.05) is 11.3 Å². The van der Waals surface area contributed by atoms with Crippen LogP contribution in [0.2, 0.25) is 0 Å². The van der Waals surface area contributed by atoms with Crippen LogP contribution in [0.1, 0.15) is 30.6 Å². The molecule has 0 radical (unpaired) electrons. The van der Waals surface area contributed by atoms with Crippen LogP contribution in [0.15, 0.2) is 41.0 Å². The number of carbonyl (C=O) groups is 2. The van der Waals surface area contributed by atoms with E-state index in [4.69, 9.17) is 4.42 Å². The molecule has 7 heteroatoms. The maximum Gasteiger partial charge on any atom is 0.348 e. The lowest BCUT2D eigenvalue weighted by Gasteiger charge is -2.07. The monoisotopic (exact) mass is 356 g/mol. The average molecular weight is 356 g/mol. The number of nitrogens with one attached hydrogen (secondary N) is 1. The summed E-state index contributed by atoms with van der Waals surface area (Å²) in [7, 11) is 1.31. The van der Waals surface area contributed by atoms with Crippen LogP contribution in [0.3, 0.4) is 0 Å². The smallest absolute Gasteiger partial charge is 0.348 e. The van der Waals surface area contributed by atoms with E-state index >= 15 is 0 Å². The van der Waals surface area contributed by atoms with Gasteiger partial charge in [-0.15, -0.1) is 11.3 Å². The highest BCUT2D eigenvalue weighted by molar-refractivity contribution is 7.16. The fraction of sp³-hybridized carbons (Fsp3) is 0.167. The second-order valence-electron chi connectivity index (χ2n) is 5.43. The summed E-state index contributed by atoms with van der Waals surface area (Å²) in [6, 6.07) is 8.67. The van der Waals surface area contributed by atoms with Crippen LogP contribution < -0.4 is 5.32 Å². The highest BCUT2D eigenvalue weighted by atomic mass is 32.1. The quantitative estimate of drug-likeness (QED) is 0.713. The third-order valence-corrected chi connectivity index (χ3v) is 4.63. The van der Waals surface area contributed by atoms with Gasteiger partial charge in [0.1, 0.15) is 11.1 Å². The van der Waals surface area contributed by atoms with Gasteiger partial charge in [0.05, 0.1) is 17.7 Å². The molecule has 0 spiro atoms. The number of ether oxygens (including phenoxy) is 1. The maximum absolute atomic E-state index is 12.4. The Morgan fingerprint density at radius 3 is 2.60 bits per heavy atom. The predicted molar refractivity (Wildman–Crippen MR) is 95.0 cm³/mol. The Morgan fingerprint density at radius 2 is 1.92 bits per heavy atom. The van der Waals surface area contributed by atoms with Gasteiger partial charge in [-0.3, -0.25) is 4.79 Å². The van der Waals surface area contributed by atoms with Gasteiger partial charge < -0.3 is 14.5 Å². The molecule has 3 aromatic rings. The van der Waals surface area contributed by atoms with E-state index in [1.54, 1.807) is 24.5 Å². The minimum Gasteiger partial charge on any atom is -0.465 e. The van der Waals surface area contributed by atoms with Gasteiger partial charge in [0.15, 0.2) is 0 Å². The summed E-state index contributed by atoms with van der Waals surface area (Å²) < 4.78 is 10.1. The van der Waals surface area contributed by atoms with Crippen molar-refractivity contribution in [1.29, 1.82) is 0 Å². The van der Waals surface area contributed by atoms with Crippen molar-refractivity contribution in [3.05, 3.63) is 57.6 Å². The summed E-state index contributed by atoms with van der Waals surface area (Å²) in [6.07, 6.45) is 1.58. The van der Waals surface area contributed by atoms with Crippen LogP contribution in [0.5, 0.6) is 0 Å². The Balaban J connectivity index is 1.82. The summed E-state index contributed by atoms with van der Waals surface area (Å²) in [5, 5.41) is 2.82. The van der Waals surface area contributed by atoms with E-state index in [2.05, 4.69) is 15.0 Å². The zero-order chi connectivity index (χ0) is 18.0. The molecule has 0 aliphatic heterocycles. The van der Waals surface area contributed by atoms with Crippen LogP contribution in [-0.4, -0.2) is 24.0 Å². The van der Waals surface area contributed by atoms with Crippen LogP contribution in [0.25, 0.3) is 11.5 Å². The molecule has 0 saturated heterocycles. The number of carbonyl (C=O) groups excluding carboxylic acids is 2. The Morgan fingerprint density at radius 1 is 1.16 bits per heavy atom. The number of methoxy groups -OCH3 is 1. The standard InChI is InChI=1S/C18H16N2O4S/c1-10-4-5-12(8-13(10)17-19-11(2)9-24-17)20-16(21)14-6-7-15(25-14)18(22)23-3/h4-9H,1-3H3,(H,20,21). The molecular formula is C18H16N2O4S. The van der Waals surface area contributed by atoms with Crippen molar-refractivity contribution >= 4 is 28.9 Å². The number of hydrogen-bond donors (Lipinski definition) is 1. The summed E-state index contributed by atoms with van der Waals surface area (Å²) >= 11 is 1.08. The number of thiophene rings is 1. The van der Waals surface area contributed by atoms with E-state index in [-0.39, 0.29) is 5.91 Å². The Bertz CT molecular complexity index is 942. The molecule has 0 aliphatic carbocycles. The second kappa shape index (κ2) is 6.90. The molecule has 1 amide bonds. The van der Waals surface area contributed by atoms with Crippen LogP contribution >= 0.6 is 11.3 Å². The topological polar surface area (TPSA) is 81.4 Å². The van der Waals surface area contributed by atoms with Gasteiger partial charge in [0.25, 0.3) is 5.91 Å². The zero-order valence-corrected chi connectivity index (χ0v) is 14.8. The Kier molecular flexibility index (Phi) is 4.67. The molecule has 0 saturated carbocycles. The number of anilines is 1. The van der Waals surface area contributed by atoms with Crippen molar-refractivity contribution in [1.82, 2.24) is 4.98 Å². The first kappa shape index (κ1) is 16.9. The van der Waals surface area contributed by atoms with E-state index < -0.39 is 5.97 Å². The molecule has 2 heterocycles. The molecule has 128 valence electrons. The molecule has 0 unspecified atom stereocenters. The van der Waals surface area contributed by atoms with E-state index in [9.17, 15) is 9.59 Å². The molecule has 25 heavy (non-hydrogen) atoms. The largest absolute Gasteiger partial charge is 0.465 e. The van der Waals surface area contributed by atoms with Crippen LogP contribution in [0.4, 0.5) is 5.69 Å². The third-order valence-electron chi connectivity index (χ3n) is 3.56. The molecule has 0 fully saturated rings. The first-order chi connectivity index (χ1) is 12.0. The summed E-state index contributed by atoms with van der Waals surface area (Å²) in [6.45, 7) is 3.80. The number of hydrogen-bond acceptors (Lipinski definition) is 6. The van der Waals surface area contributed by atoms with Crippen molar-refractivity contribution < 1.29 is 18.7 Å². The van der Waals surface area contributed by atoms with Crippen LogP contribution in [0, 0.1) is 13.8 Å². The van der Waals surface area contributed by atoms with Crippen molar-refractivity contribution in [2.24, 2.45) is 0 Å². The number of esters is 1. The molecule has 0 atom stereocenters. The number of oxazole rings is 1. The lowest BCUT2D eigenvalue weighted by molar-refractivity contribution is 0.0606. The van der Waals surface area contributed by atoms with Gasteiger partial charge in [-0.25, -0.2) is 9.78 Å². The normalized spacial score (nSPS) is 10.5. The number of rotatable bonds is 4. The summed E-state index contributed by atoms with van der Waals surface area (Å²) in [5.74, 6) is -0.241. The number of nitrogens with zero attached hydrogens (tertiary/aromatic N) is 1. The highest BCUT2D eigenvalue weighted by Gasteiger charge is 2.15. The van der Waals surface area contributed by atoms with E-state index in [0.29, 0.717) is 21.3 Å². The molecular weight excluding hydrogens is 340 g/mol. The minimum absolute atomic E-state index is 0.293. The molecule has 0 bridgehead atoms. The molecule has 2 aromatic heterocycles. The fourth-order valence-corrected chi connectivity index (χ4v) is 3.09. The molecule has 1 N–H and O–H groups in total. The minimum atomic E-state index is -0.457. The fourth-order valence-electron chi connectivity index (χ4n) is 2.27. The van der Waals surface area contributed by atoms with Gasteiger partial charge in [-0.1, -0.05) is 6.07 Å². The number of aromatic nitrogens is 1. The Hall–Kier alpha value is -2.93. The summed E-state index contributed by atoms with van der Waals surface area (Å²) in [5.41, 5.74) is 3.21. The lowest BCUT2D eigenvalue weighted by Crippen LogP contribution is -2.10. The van der Waals surface area contributed by atoms with Gasteiger partial charge >= 0.3 is 5.97 Å². The second-order valence-corrected chi connectivity index (χ2v) is 6.52. The molecule has 6 nitrogen and oxygen atoms in total. The SMILES string of the molecule is COC(=O)c1ccc(C(=O)Nc2ccc(C)c(-c3nc(C)co3)c2)s1. The Labute approximate surface area is 148 Å². The molecule has 0 aliphatic rings. The van der Waals surface area contributed by atoms with Crippen molar-refractivity contribution in [3.63, 3.8) is 0 Å². The maximum atomic E-state index is 12.4. The van der Waals surface area contributed by atoms with Gasteiger partial charge in [-0.2, -0.15) is 0 Å². The van der Waals surface area contributed by atoms with Gasteiger partial charge in [-0.05, 0) is 43.7 Å². The average Bonchev–Trinajstić information content (AvgIpc) is 3.25. The van der Waals surface area contributed by atoms with Gasteiger partial charge in [0.2, 0.25) is 5.89 Å². The van der Waals surface area contributed by atoms with Crippen molar-refractivity contribution in [3.8, 4) is 11.5 Å². The van der Waals surface area contributed by atoms with Crippen molar-refractivity contribution in [2.75, 3.05) is 12.4 Å². The first-order valence-electron chi connectivity index (χ1n) is 7.50. The highest BCUT2D eigenvalue weighted by Crippen LogP contribution is 2.27. The third kappa shape index (κ3) is 3.61. The van der Waals surface area contributed by atoms with Crippen molar-refractivity contribution in [2.45, 2.75) is 13.8 Å². The zero-order valence-electron chi connectivity index (χ0n) is 14.0. The van der Waals surface area contributed by atoms with E-state index in [0.717, 1.165) is 28.2 Å². The predicted octanol–water partition coefficient (Wildman–Crippen LogP) is 4.06. The number of aryl methyl sites for hydroxylation is 2. The lowest BCUT2D eigenvalue weighted by atomic mass is 10.1.